The molecule has 152 valence electrons. The number of piperazine rings is 1. The number of hydrogen-bond donors (Lipinski definition) is 1. The van der Waals surface area contributed by atoms with Crippen LogP contribution in [0.2, 0.25) is 0 Å². The van der Waals surface area contributed by atoms with Crippen LogP contribution < -0.4 is 9.64 Å². The van der Waals surface area contributed by atoms with E-state index in [4.69, 9.17) is 9.84 Å². The van der Waals surface area contributed by atoms with Gasteiger partial charge in [-0.15, -0.1) is 0 Å². The first-order valence-corrected chi connectivity index (χ1v) is 10.7. The fourth-order valence-corrected chi connectivity index (χ4v) is 4.15. The van der Waals surface area contributed by atoms with Crippen LogP contribution >= 0.6 is 11.3 Å². The van der Waals surface area contributed by atoms with E-state index in [-0.39, 0.29) is 36.0 Å². The Morgan fingerprint density at radius 2 is 1.53 bits per heavy atom. The van der Waals surface area contributed by atoms with Gasteiger partial charge in [0.2, 0.25) is 0 Å². The van der Waals surface area contributed by atoms with E-state index in [0.29, 0.717) is 6.54 Å². The van der Waals surface area contributed by atoms with Crippen LogP contribution in [0.25, 0.3) is 11.1 Å². The van der Waals surface area contributed by atoms with Crippen molar-refractivity contribution in [3.05, 3.63) is 65.4 Å². The predicted octanol–water partition coefficient (Wildman–Crippen LogP) is 4.16. The third-order valence-corrected chi connectivity index (χ3v) is 5.84. The molecule has 7 heteroatoms. The van der Waals surface area contributed by atoms with Crippen molar-refractivity contribution in [2.75, 3.05) is 37.6 Å². The van der Waals surface area contributed by atoms with Crippen LogP contribution in [0.5, 0.6) is 11.5 Å². The molecule has 0 unspecified atom stereocenters. The number of ether oxygens (including phenoxy) is 1. The number of hydrogen-bond acceptors (Lipinski definition) is 5. The molecule has 0 atom stereocenters. The summed E-state index contributed by atoms with van der Waals surface area (Å²) in [5, 5.41) is 13.0. The second-order valence-electron chi connectivity index (χ2n) is 7.10. The summed E-state index contributed by atoms with van der Waals surface area (Å²) < 4.78 is 5.98. The Bertz CT molecular complexity index is 922. The van der Waals surface area contributed by atoms with Gasteiger partial charge in [0.25, 0.3) is 0 Å². The van der Waals surface area contributed by atoms with E-state index in [1.165, 1.54) is 16.8 Å². The van der Waals surface area contributed by atoms with Gasteiger partial charge in [-0.2, -0.15) is 11.3 Å². The Morgan fingerprint density at radius 1 is 0.900 bits per heavy atom. The summed E-state index contributed by atoms with van der Waals surface area (Å²) >= 11 is 1.70. The Hall–Kier alpha value is -1.83. The second kappa shape index (κ2) is 11.0. The zero-order valence-electron chi connectivity index (χ0n) is 16.2. The summed E-state index contributed by atoms with van der Waals surface area (Å²) in [5.74, 6) is 0.907. The van der Waals surface area contributed by atoms with Crippen LogP contribution in [-0.4, -0.2) is 78.3 Å². The second-order valence-corrected chi connectivity index (χ2v) is 7.88. The zero-order valence-corrected chi connectivity index (χ0v) is 17.0. The van der Waals surface area contributed by atoms with E-state index in [1.54, 1.807) is 11.3 Å². The molecule has 30 heavy (non-hydrogen) atoms. The van der Waals surface area contributed by atoms with Crippen molar-refractivity contribution in [3.63, 3.8) is 0 Å². The first-order chi connectivity index (χ1) is 14.2. The van der Waals surface area contributed by atoms with Crippen molar-refractivity contribution in [2.45, 2.75) is 6.42 Å². The average Bonchev–Trinajstić information content (AvgIpc) is 3.29. The van der Waals surface area contributed by atoms with Crippen molar-refractivity contribution in [1.82, 2.24) is 4.90 Å². The molecule has 1 saturated heterocycles. The summed E-state index contributed by atoms with van der Waals surface area (Å²) in [6.45, 7) is 4.22. The maximum absolute atomic E-state index is 10.7. The quantitative estimate of drug-likeness (QED) is 0.569. The molecule has 0 bridgehead atoms. The molecule has 2 aromatic carbocycles. The molecular formula is C23H25N2NaO3S. The summed E-state index contributed by atoms with van der Waals surface area (Å²) in [4.78, 5) is 15.3. The van der Waals surface area contributed by atoms with E-state index in [0.717, 1.165) is 37.7 Å². The van der Waals surface area contributed by atoms with Crippen molar-refractivity contribution < 1.29 is 14.6 Å². The van der Waals surface area contributed by atoms with Gasteiger partial charge in [0.05, 0.1) is 6.42 Å². The number of aliphatic carboxylic acids is 1. The van der Waals surface area contributed by atoms with Gasteiger partial charge in [0, 0.05) is 38.4 Å². The van der Waals surface area contributed by atoms with Crippen molar-refractivity contribution in [3.8, 4) is 22.6 Å². The number of anilines is 1. The minimum atomic E-state index is -0.732. The predicted molar refractivity (Wildman–Crippen MR) is 124 cm³/mol. The summed E-state index contributed by atoms with van der Waals surface area (Å²) in [6, 6.07) is 18.4. The summed E-state index contributed by atoms with van der Waals surface area (Å²) in [6.07, 6.45) is 0.209. The molecular weight excluding hydrogens is 407 g/mol. The standard InChI is InChI=1S/C23H24N2O3S.Na.H/c26-23(27)9-11-24-12-14-25(15-13-24)20-3-7-22(8-4-20)28-21-5-1-18(2-6-21)19-10-16-29-17-19;;/h1-8,10,16-17H,9,11-15H2,(H,26,27);;. The molecule has 0 spiro atoms. The molecule has 0 amide bonds. The third-order valence-electron chi connectivity index (χ3n) is 5.16. The molecule has 1 aliphatic heterocycles. The Balaban J connectivity index is 0.00000256. The number of benzene rings is 2. The van der Waals surface area contributed by atoms with Gasteiger partial charge >= 0.3 is 35.5 Å². The van der Waals surface area contributed by atoms with Gasteiger partial charge < -0.3 is 14.7 Å². The first kappa shape index (κ1) is 22.8. The van der Waals surface area contributed by atoms with E-state index in [1.807, 2.05) is 24.3 Å². The average molecular weight is 433 g/mol. The SMILES string of the molecule is O=C(O)CCN1CCN(c2ccc(Oc3ccc(-c4ccsc4)cc3)cc2)CC1.[NaH]. The Labute approximate surface area is 203 Å². The molecule has 4 rings (SSSR count). The monoisotopic (exact) mass is 432 g/mol. The molecule has 0 aliphatic carbocycles. The van der Waals surface area contributed by atoms with E-state index < -0.39 is 5.97 Å². The number of carbonyl (C=O) groups is 1. The molecule has 1 N–H and O–H groups in total. The van der Waals surface area contributed by atoms with Crippen LogP contribution in [0.1, 0.15) is 6.42 Å². The van der Waals surface area contributed by atoms with Crippen LogP contribution in [0, 0.1) is 0 Å². The van der Waals surface area contributed by atoms with Gasteiger partial charge in [-0.05, 0) is 64.4 Å². The van der Waals surface area contributed by atoms with E-state index in [2.05, 4.69) is 50.9 Å². The van der Waals surface area contributed by atoms with Crippen molar-refractivity contribution in [2.24, 2.45) is 0 Å². The van der Waals surface area contributed by atoms with Crippen molar-refractivity contribution >= 4 is 52.6 Å². The Kier molecular flexibility index (Phi) is 8.36. The molecule has 5 nitrogen and oxygen atoms in total. The zero-order chi connectivity index (χ0) is 20.1. The van der Waals surface area contributed by atoms with E-state index in [9.17, 15) is 4.79 Å². The van der Waals surface area contributed by atoms with Crippen LogP contribution in [0.3, 0.4) is 0 Å². The molecule has 0 radical (unpaired) electrons. The van der Waals surface area contributed by atoms with Gasteiger partial charge in [-0.1, -0.05) is 12.1 Å². The topological polar surface area (TPSA) is 53.0 Å². The molecule has 1 fully saturated rings. The van der Waals surface area contributed by atoms with Gasteiger partial charge in [0.15, 0.2) is 0 Å². The number of thiophene rings is 1. The fraction of sp³-hybridized carbons (Fsp3) is 0.261. The van der Waals surface area contributed by atoms with Gasteiger partial charge in [0.1, 0.15) is 11.5 Å². The number of carboxylic acids is 1. The molecule has 0 saturated carbocycles. The number of rotatable bonds is 7. The maximum atomic E-state index is 10.7. The third kappa shape index (κ3) is 6.09. The first-order valence-electron chi connectivity index (χ1n) is 9.77. The van der Waals surface area contributed by atoms with Gasteiger partial charge in [-0.25, -0.2) is 0 Å². The summed E-state index contributed by atoms with van der Waals surface area (Å²) in [5.41, 5.74) is 3.59. The number of carboxylic acid groups (broad SMARTS) is 1. The summed E-state index contributed by atoms with van der Waals surface area (Å²) in [7, 11) is 0. The van der Waals surface area contributed by atoms with Crippen molar-refractivity contribution in [1.29, 1.82) is 0 Å². The van der Waals surface area contributed by atoms with E-state index >= 15 is 0 Å². The van der Waals surface area contributed by atoms with Crippen LogP contribution in [0.4, 0.5) is 5.69 Å². The normalized spacial score (nSPS) is 14.2. The molecule has 2 heterocycles. The van der Waals surface area contributed by atoms with Crippen LogP contribution in [-0.2, 0) is 4.79 Å². The molecule has 1 aliphatic rings. The molecule has 3 aromatic rings. The van der Waals surface area contributed by atoms with Gasteiger partial charge in [-0.3, -0.25) is 9.69 Å². The van der Waals surface area contributed by atoms with Crippen LogP contribution in [0.15, 0.2) is 65.4 Å². The fourth-order valence-electron chi connectivity index (χ4n) is 3.49. The Morgan fingerprint density at radius 3 is 2.10 bits per heavy atom. The molecule has 1 aromatic heterocycles. The number of nitrogens with zero attached hydrogens (tertiary/aromatic N) is 2. The minimum absolute atomic E-state index is 0.